The number of nitrogens with one attached hydrogen (secondary N) is 1. The van der Waals surface area contributed by atoms with Gasteiger partial charge in [0.2, 0.25) is 0 Å². The Morgan fingerprint density at radius 3 is 3.00 bits per heavy atom. The van der Waals surface area contributed by atoms with Gasteiger partial charge in [0.15, 0.2) is 0 Å². The minimum atomic E-state index is -0.222. The molecule has 1 aromatic heterocycles. The largest absolute Gasteiger partial charge is 0.396 e. The van der Waals surface area contributed by atoms with E-state index in [1.807, 2.05) is 31.3 Å². The van der Waals surface area contributed by atoms with Crippen molar-refractivity contribution in [2.75, 3.05) is 11.9 Å². The summed E-state index contributed by atoms with van der Waals surface area (Å²) in [7, 11) is 1.82. The highest BCUT2D eigenvalue weighted by Crippen LogP contribution is 2.13. The lowest BCUT2D eigenvalue weighted by molar-refractivity contribution is 0.102. The first kappa shape index (κ1) is 13.3. The van der Waals surface area contributed by atoms with Crippen LogP contribution in [0.2, 0.25) is 0 Å². The number of hydrogen-bond acceptors (Lipinski definition) is 3. The Labute approximate surface area is 111 Å². The van der Waals surface area contributed by atoms with Crippen molar-refractivity contribution in [3.63, 3.8) is 0 Å². The third-order valence-electron chi connectivity index (χ3n) is 2.75. The van der Waals surface area contributed by atoms with Crippen molar-refractivity contribution in [3.8, 4) is 0 Å². The molecule has 0 saturated heterocycles. The molecule has 5 heteroatoms. The van der Waals surface area contributed by atoms with E-state index >= 15 is 0 Å². The fraction of sp³-hybridized carbons (Fsp3) is 0.286. The van der Waals surface area contributed by atoms with Gasteiger partial charge in [-0.15, -0.1) is 0 Å². The maximum atomic E-state index is 11.9. The monoisotopic (exact) mass is 259 g/mol. The molecular weight excluding hydrogens is 242 g/mol. The number of amides is 1. The summed E-state index contributed by atoms with van der Waals surface area (Å²) in [4.78, 5) is 15.9. The maximum absolute atomic E-state index is 11.9. The number of aliphatic hydroxyl groups excluding tert-OH is 1. The van der Waals surface area contributed by atoms with Crippen molar-refractivity contribution < 1.29 is 9.90 Å². The standard InChI is InChI=1S/C14H17N3O2/c1-17-9-13(15-10-17)14(19)16-12-6-2-4-11(8-12)5-3-7-18/h2,4,6,8-10,18H,3,5,7H2,1H3,(H,16,19). The second kappa shape index (κ2) is 6.15. The van der Waals surface area contributed by atoms with E-state index in [0.29, 0.717) is 5.69 Å². The SMILES string of the molecule is Cn1cnc(C(=O)Nc2cccc(CCCO)c2)c1. The van der Waals surface area contributed by atoms with Gasteiger partial charge >= 0.3 is 0 Å². The molecule has 0 saturated carbocycles. The van der Waals surface area contributed by atoms with Crippen LogP contribution < -0.4 is 5.32 Å². The molecule has 0 atom stereocenters. The number of imidazole rings is 1. The van der Waals surface area contributed by atoms with E-state index in [1.54, 1.807) is 17.1 Å². The van der Waals surface area contributed by atoms with Crippen LogP contribution in [0.25, 0.3) is 0 Å². The van der Waals surface area contributed by atoms with Crippen LogP contribution in [-0.4, -0.2) is 27.2 Å². The molecule has 0 radical (unpaired) electrons. The Kier molecular flexibility index (Phi) is 4.30. The van der Waals surface area contributed by atoms with Crippen LogP contribution in [0.3, 0.4) is 0 Å². The number of rotatable bonds is 5. The van der Waals surface area contributed by atoms with Crippen molar-refractivity contribution in [2.45, 2.75) is 12.8 Å². The normalized spacial score (nSPS) is 10.4. The summed E-state index contributed by atoms with van der Waals surface area (Å²) in [5.41, 5.74) is 2.22. The molecule has 0 unspecified atom stereocenters. The van der Waals surface area contributed by atoms with Crippen LogP contribution in [0.5, 0.6) is 0 Å². The zero-order valence-corrected chi connectivity index (χ0v) is 10.8. The van der Waals surface area contributed by atoms with E-state index < -0.39 is 0 Å². The number of hydrogen-bond donors (Lipinski definition) is 2. The predicted molar refractivity (Wildman–Crippen MR) is 73.0 cm³/mol. The lowest BCUT2D eigenvalue weighted by atomic mass is 10.1. The summed E-state index contributed by atoms with van der Waals surface area (Å²) in [6, 6.07) is 7.62. The molecule has 2 rings (SSSR count). The number of aryl methyl sites for hydroxylation is 2. The highest BCUT2D eigenvalue weighted by Gasteiger charge is 2.08. The summed E-state index contributed by atoms with van der Waals surface area (Å²) >= 11 is 0. The van der Waals surface area contributed by atoms with Crippen molar-refractivity contribution in [2.24, 2.45) is 7.05 Å². The first-order valence-electron chi connectivity index (χ1n) is 6.18. The molecule has 0 spiro atoms. The molecule has 0 aliphatic carbocycles. The van der Waals surface area contributed by atoms with Crippen LogP contribution in [0.4, 0.5) is 5.69 Å². The summed E-state index contributed by atoms with van der Waals surface area (Å²) in [6.07, 6.45) is 4.78. The quantitative estimate of drug-likeness (QED) is 0.857. The fourth-order valence-corrected chi connectivity index (χ4v) is 1.81. The van der Waals surface area contributed by atoms with Gasteiger partial charge in [-0.05, 0) is 30.5 Å². The average molecular weight is 259 g/mol. The van der Waals surface area contributed by atoms with E-state index in [9.17, 15) is 4.79 Å². The van der Waals surface area contributed by atoms with E-state index in [4.69, 9.17) is 5.11 Å². The first-order valence-corrected chi connectivity index (χ1v) is 6.18. The molecule has 100 valence electrons. The summed E-state index contributed by atoms with van der Waals surface area (Å²) in [6.45, 7) is 0.171. The highest BCUT2D eigenvalue weighted by molar-refractivity contribution is 6.02. The van der Waals surface area contributed by atoms with Gasteiger partial charge in [0.05, 0.1) is 6.33 Å². The third kappa shape index (κ3) is 3.66. The van der Waals surface area contributed by atoms with E-state index in [1.165, 1.54) is 0 Å². The first-order chi connectivity index (χ1) is 9.19. The fourth-order valence-electron chi connectivity index (χ4n) is 1.81. The summed E-state index contributed by atoms with van der Waals surface area (Å²) in [5.74, 6) is -0.222. The molecule has 5 nitrogen and oxygen atoms in total. The van der Waals surface area contributed by atoms with Crippen molar-refractivity contribution in [1.29, 1.82) is 0 Å². The highest BCUT2D eigenvalue weighted by atomic mass is 16.2. The summed E-state index contributed by atoms with van der Waals surface area (Å²) in [5, 5.41) is 11.6. The molecule has 1 aromatic carbocycles. The predicted octanol–water partition coefficient (Wildman–Crippen LogP) is 1.60. The number of anilines is 1. The van der Waals surface area contributed by atoms with E-state index in [2.05, 4.69) is 10.3 Å². The number of benzene rings is 1. The average Bonchev–Trinajstić information content (AvgIpc) is 2.83. The number of aromatic nitrogens is 2. The van der Waals surface area contributed by atoms with Gasteiger partial charge in [0.25, 0.3) is 5.91 Å². The molecule has 1 heterocycles. The molecule has 2 aromatic rings. The third-order valence-corrected chi connectivity index (χ3v) is 2.75. The lowest BCUT2D eigenvalue weighted by Crippen LogP contribution is -2.12. The van der Waals surface area contributed by atoms with Gasteiger partial charge in [-0.2, -0.15) is 0 Å². The smallest absolute Gasteiger partial charge is 0.275 e. The maximum Gasteiger partial charge on any atom is 0.275 e. The Morgan fingerprint density at radius 2 is 2.32 bits per heavy atom. The van der Waals surface area contributed by atoms with Gasteiger partial charge in [-0.25, -0.2) is 4.98 Å². The second-order valence-corrected chi connectivity index (χ2v) is 4.41. The Morgan fingerprint density at radius 1 is 1.47 bits per heavy atom. The van der Waals surface area contributed by atoms with E-state index in [-0.39, 0.29) is 12.5 Å². The van der Waals surface area contributed by atoms with Gasteiger partial charge in [-0.3, -0.25) is 4.79 Å². The minimum absolute atomic E-state index is 0.171. The molecule has 0 aliphatic heterocycles. The lowest BCUT2D eigenvalue weighted by Gasteiger charge is -2.06. The zero-order chi connectivity index (χ0) is 13.7. The summed E-state index contributed by atoms with van der Waals surface area (Å²) < 4.78 is 1.73. The van der Waals surface area contributed by atoms with Crippen molar-refractivity contribution >= 4 is 11.6 Å². The molecular formula is C14H17N3O2. The number of carbonyl (C=O) groups excluding carboxylic acids is 1. The second-order valence-electron chi connectivity index (χ2n) is 4.41. The Balaban J connectivity index is 2.04. The van der Waals surface area contributed by atoms with Gasteiger partial charge in [-0.1, -0.05) is 12.1 Å². The Bertz CT molecular complexity index is 563. The van der Waals surface area contributed by atoms with Crippen molar-refractivity contribution in [3.05, 3.63) is 48.0 Å². The topological polar surface area (TPSA) is 67.2 Å². The molecule has 0 bridgehead atoms. The van der Waals surface area contributed by atoms with Gasteiger partial charge < -0.3 is 15.0 Å². The number of nitrogens with zero attached hydrogens (tertiary/aromatic N) is 2. The van der Waals surface area contributed by atoms with Crippen molar-refractivity contribution in [1.82, 2.24) is 9.55 Å². The molecule has 1 amide bonds. The Hall–Kier alpha value is -2.14. The molecule has 19 heavy (non-hydrogen) atoms. The van der Waals surface area contributed by atoms with Crippen LogP contribution in [0.15, 0.2) is 36.8 Å². The molecule has 0 aliphatic rings. The van der Waals surface area contributed by atoms with Crippen LogP contribution in [0, 0.1) is 0 Å². The van der Waals surface area contributed by atoms with Crippen LogP contribution in [0.1, 0.15) is 22.5 Å². The van der Waals surface area contributed by atoms with E-state index in [0.717, 1.165) is 24.1 Å². The molecule has 0 fully saturated rings. The van der Waals surface area contributed by atoms with Gasteiger partial charge in [0.1, 0.15) is 5.69 Å². The zero-order valence-electron chi connectivity index (χ0n) is 10.8. The van der Waals surface area contributed by atoms with Gasteiger partial charge in [0, 0.05) is 25.5 Å². The van der Waals surface area contributed by atoms with Crippen LogP contribution >= 0.6 is 0 Å². The number of carbonyl (C=O) groups is 1. The van der Waals surface area contributed by atoms with Crippen LogP contribution in [-0.2, 0) is 13.5 Å². The number of aliphatic hydroxyl groups is 1. The molecule has 2 N–H and O–H groups in total. The minimum Gasteiger partial charge on any atom is -0.396 e.